The number of aromatic nitrogens is 4. The molecule has 2 aromatic heterocycles. The molecule has 15 heavy (non-hydrogen) atoms. The molecule has 5 nitrogen and oxygen atoms in total. The molecule has 2 aromatic rings. The van der Waals surface area contributed by atoms with Gasteiger partial charge in [-0.1, -0.05) is 0 Å². The molecule has 0 unspecified atom stereocenters. The van der Waals surface area contributed by atoms with Crippen molar-refractivity contribution >= 4 is 5.82 Å². The number of nitrogens with one attached hydrogen (secondary N) is 1. The van der Waals surface area contributed by atoms with E-state index in [1.807, 2.05) is 36.9 Å². The van der Waals surface area contributed by atoms with Crippen molar-refractivity contribution in [3.8, 4) is 0 Å². The minimum absolute atomic E-state index is 0.703. The molecule has 0 fully saturated rings. The SMILES string of the molecule is Cc1ccc(NCc2ccnn2C)nn1. The van der Waals surface area contributed by atoms with E-state index >= 15 is 0 Å². The summed E-state index contributed by atoms with van der Waals surface area (Å²) in [5.74, 6) is 0.779. The van der Waals surface area contributed by atoms with E-state index in [9.17, 15) is 0 Å². The molecule has 0 atom stereocenters. The zero-order valence-corrected chi connectivity index (χ0v) is 8.81. The van der Waals surface area contributed by atoms with Crippen LogP contribution < -0.4 is 5.32 Å². The summed E-state index contributed by atoms with van der Waals surface area (Å²) in [6.45, 7) is 2.62. The maximum absolute atomic E-state index is 4.08. The summed E-state index contributed by atoms with van der Waals surface area (Å²) in [4.78, 5) is 0. The second kappa shape index (κ2) is 4.08. The van der Waals surface area contributed by atoms with Gasteiger partial charge in [-0.3, -0.25) is 4.68 Å². The number of rotatable bonds is 3. The highest BCUT2D eigenvalue weighted by molar-refractivity contribution is 5.33. The summed E-state index contributed by atoms with van der Waals surface area (Å²) in [5, 5.41) is 15.2. The molecule has 0 amide bonds. The van der Waals surface area contributed by atoms with Crippen LogP contribution in [0.4, 0.5) is 5.82 Å². The van der Waals surface area contributed by atoms with Crippen LogP contribution in [0.15, 0.2) is 24.4 Å². The molecule has 0 saturated carbocycles. The van der Waals surface area contributed by atoms with Crippen molar-refractivity contribution in [1.82, 2.24) is 20.0 Å². The molecule has 2 rings (SSSR count). The predicted molar refractivity (Wildman–Crippen MR) is 57.3 cm³/mol. The Morgan fingerprint density at radius 3 is 2.73 bits per heavy atom. The van der Waals surface area contributed by atoms with Crippen LogP contribution in [0.1, 0.15) is 11.4 Å². The van der Waals surface area contributed by atoms with Gasteiger partial charge in [0.15, 0.2) is 0 Å². The molecule has 1 N–H and O–H groups in total. The van der Waals surface area contributed by atoms with Gasteiger partial charge in [0, 0.05) is 13.2 Å². The highest BCUT2D eigenvalue weighted by Gasteiger charge is 1.98. The van der Waals surface area contributed by atoms with Gasteiger partial charge in [-0.2, -0.15) is 10.2 Å². The lowest BCUT2D eigenvalue weighted by atomic mass is 10.4. The van der Waals surface area contributed by atoms with Crippen molar-refractivity contribution in [2.75, 3.05) is 5.32 Å². The predicted octanol–water partition coefficient (Wildman–Crippen LogP) is 1.13. The molecule has 0 spiro atoms. The molecular formula is C10H13N5. The van der Waals surface area contributed by atoms with Gasteiger partial charge in [0.25, 0.3) is 0 Å². The van der Waals surface area contributed by atoms with Gasteiger partial charge in [0.1, 0.15) is 5.82 Å². The summed E-state index contributed by atoms with van der Waals surface area (Å²) in [6, 6.07) is 5.81. The molecule has 2 heterocycles. The van der Waals surface area contributed by atoms with Crippen molar-refractivity contribution in [1.29, 1.82) is 0 Å². The van der Waals surface area contributed by atoms with Crippen LogP contribution in [0.25, 0.3) is 0 Å². The van der Waals surface area contributed by atoms with E-state index < -0.39 is 0 Å². The first-order valence-corrected chi connectivity index (χ1v) is 4.77. The van der Waals surface area contributed by atoms with Crippen LogP contribution in [-0.4, -0.2) is 20.0 Å². The van der Waals surface area contributed by atoms with E-state index in [0.29, 0.717) is 6.54 Å². The van der Waals surface area contributed by atoms with Gasteiger partial charge in [0.05, 0.1) is 17.9 Å². The van der Waals surface area contributed by atoms with E-state index in [0.717, 1.165) is 17.2 Å². The van der Waals surface area contributed by atoms with Gasteiger partial charge in [-0.15, -0.1) is 5.10 Å². The third-order valence-electron chi connectivity index (χ3n) is 2.17. The number of nitrogens with zero attached hydrogens (tertiary/aromatic N) is 4. The smallest absolute Gasteiger partial charge is 0.148 e. The molecular weight excluding hydrogens is 190 g/mol. The summed E-state index contributed by atoms with van der Waals surface area (Å²) in [6.07, 6.45) is 1.78. The summed E-state index contributed by atoms with van der Waals surface area (Å²) in [7, 11) is 1.91. The normalized spacial score (nSPS) is 10.3. The first kappa shape index (κ1) is 9.64. The first-order chi connectivity index (χ1) is 7.25. The van der Waals surface area contributed by atoms with Crippen molar-refractivity contribution in [2.45, 2.75) is 13.5 Å². The van der Waals surface area contributed by atoms with Crippen LogP contribution in [0.3, 0.4) is 0 Å². The number of aryl methyl sites for hydroxylation is 2. The summed E-state index contributed by atoms with van der Waals surface area (Å²) < 4.78 is 1.83. The van der Waals surface area contributed by atoms with Crippen molar-refractivity contribution in [3.63, 3.8) is 0 Å². The minimum Gasteiger partial charge on any atom is -0.363 e. The average molecular weight is 203 g/mol. The monoisotopic (exact) mass is 203 g/mol. The Balaban J connectivity index is 1.99. The Morgan fingerprint density at radius 2 is 2.13 bits per heavy atom. The second-order valence-electron chi connectivity index (χ2n) is 3.36. The van der Waals surface area contributed by atoms with Gasteiger partial charge in [0.2, 0.25) is 0 Å². The van der Waals surface area contributed by atoms with Gasteiger partial charge < -0.3 is 5.32 Å². The van der Waals surface area contributed by atoms with E-state index in [-0.39, 0.29) is 0 Å². The Morgan fingerprint density at radius 1 is 1.27 bits per heavy atom. The van der Waals surface area contributed by atoms with E-state index in [2.05, 4.69) is 20.6 Å². The zero-order chi connectivity index (χ0) is 10.7. The van der Waals surface area contributed by atoms with Crippen LogP contribution in [0, 0.1) is 6.92 Å². The standard InChI is InChI=1S/C10H13N5/c1-8-3-4-10(14-13-8)11-7-9-5-6-12-15(9)2/h3-6H,7H2,1-2H3,(H,11,14). The highest BCUT2D eigenvalue weighted by atomic mass is 15.3. The molecule has 0 aliphatic heterocycles. The second-order valence-corrected chi connectivity index (χ2v) is 3.36. The van der Waals surface area contributed by atoms with Crippen LogP contribution in [0.5, 0.6) is 0 Å². The Hall–Kier alpha value is -1.91. The van der Waals surface area contributed by atoms with Gasteiger partial charge >= 0.3 is 0 Å². The van der Waals surface area contributed by atoms with Crippen molar-refractivity contribution in [3.05, 3.63) is 35.8 Å². The summed E-state index contributed by atoms with van der Waals surface area (Å²) >= 11 is 0. The zero-order valence-electron chi connectivity index (χ0n) is 8.81. The lowest BCUT2D eigenvalue weighted by molar-refractivity contribution is 0.719. The van der Waals surface area contributed by atoms with E-state index in [1.54, 1.807) is 6.20 Å². The Bertz CT molecular complexity index is 431. The Labute approximate surface area is 88.1 Å². The fourth-order valence-corrected chi connectivity index (χ4v) is 1.25. The molecule has 0 bridgehead atoms. The third-order valence-corrected chi connectivity index (χ3v) is 2.17. The lowest BCUT2D eigenvalue weighted by Crippen LogP contribution is -2.06. The van der Waals surface area contributed by atoms with Crippen LogP contribution >= 0.6 is 0 Å². The van der Waals surface area contributed by atoms with Crippen LogP contribution in [-0.2, 0) is 13.6 Å². The Kier molecular flexibility index (Phi) is 2.62. The molecule has 5 heteroatoms. The first-order valence-electron chi connectivity index (χ1n) is 4.77. The lowest BCUT2D eigenvalue weighted by Gasteiger charge is -2.04. The molecule has 78 valence electrons. The number of hydrogen-bond acceptors (Lipinski definition) is 4. The molecule has 0 aromatic carbocycles. The van der Waals surface area contributed by atoms with Crippen molar-refractivity contribution in [2.24, 2.45) is 7.05 Å². The quantitative estimate of drug-likeness (QED) is 0.812. The van der Waals surface area contributed by atoms with Crippen molar-refractivity contribution < 1.29 is 0 Å². The minimum atomic E-state index is 0.703. The van der Waals surface area contributed by atoms with Gasteiger partial charge in [-0.05, 0) is 25.1 Å². The molecule has 0 saturated heterocycles. The fraction of sp³-hybridized carbons (Fsp3) is 0.300. The largest absolute Gasteiger partial charge is 0.363 e. The molecule has 0 aliphatic rings. The molecule has 0 radical (unpaired) electrons. The third kappa shape index (κ3) is 2.31. The number of anilines is 1. The molecule has 0 aliphatic carbocycles. The van der Waals surface area contributed by atoms with E-state index in [4.69, 9.17) is 0 Å². The topological polar surface area (TPSA) is 55.6 Å². The highest BCUT2D eigenvalue weighted by Crippen LogP contribution is 2.04. The maximum Gasteiger partial charge on any atom is 0.148 e. The van der Waals surface area contributed by atoms with E-state index in [1.165, 1.54) is 0 Å². The maximum atomic E-state index is 4.08. The van der Waals surface area contributed by atoms with Crippen LogP contribution in [0.2, 0.25) is 0 Å². The fourth-order valence-electron chi connectivity index (χ4n) is 1.25. The van der Waals surface area contributed by atoms with Gasteiger partial charge in [-0.25, -0.2) is 0 Å². The number of hydrogen-bond donors (Lipinski definition) is 1. The average Bonchev–Trinajstić information content (AvgIpc) is 2.63. The summed E-state index contributed by atoms with van der Waals surface area (Å²) in [5.41, 5.74) is 2.03.